The number of para-hydroxylation sites is 2. The van der Waals surface area contributed by atoms with Crippen LogP contribution >= 0.6 is 11.8 Å². The van der Waals surface area contributed by atoms with Crippen molar-refractivity contribution in [2.75, 3.05) is 37.0 Å². The lowest BCUT2D eigenvalue weighted by Crippen LogP contribution is -2.45. The van der Waals surface area contributed by atoms with E-state index in [0.717, 1.165) is 11.8 Å². The second-order valence-corrected chi connectivity index (χ2v) is 10.3. The van der Waals surface area contributed by atoms with Gasteiger partial charge in [0.1, 0.15) is 11.4 Å². The minimum Gasteiger partial charge on any atom is -0.492 e. The third-order valence-corrected chi connectivity index (χ3v) is 7.50. The average molecular weight is 483 g/mol. The normalized spacial score (nSPS) is 17.1. The Balaban J connectivity index is 1.58. The zero-order chi connectivity index (χ0) is 23.1. The van der Waals surface area contributed by atoms with E-state index in [4.69, 9.17) is 4.74 Å². The van der Waals surface area contributed by atoms with E-state index in [1.165, 1.54) is 9.58 Å². The fourth-order valence-corrected chi connectivity index (χ4v) is 5.74. The lowest BCUT2D eigenvalue weighted by molar-refractivity contribution is -0.134. The number of aromatic nitrogens is 4. The van der Waals surface area contributed by atoms with Crippen LogP contribution < -0.4 is 10.1 Å². The molecule has 32 heavy (non-hydrogen) atoms. The Morgan fingerprint density at radius 2 is 2.09 bits per heavy atom. The largest absolute Gasteiger partial charge is 0.492 e. The standard InChI is InChI=1S/C19H26N6O5S2/c1-3-24(11-17(26)20-14-9-10-32(28,29)13-14)18(27)12-31-19-21-22-23-25(19)15-7-5-6-8-16(15)30-4-2/h5-8,14H,3-4,9-13H2,1-2H3,(H,20,26). The van der Waals surface area contributed by atoms with Crippen LogP contribution in [0.2, 0.25) is 0 Å². The first kappa shape index (κ1) is 24.0. The number of carbonyl (C=O) groups is 2. The third-order valence-electron chi connectivity index (χ3n) is 4.83. The van der Waals surface area contributed by atoms with Crippen LogP contribution in [0.25, 0.3) is 5.69 Å². The SMILES string of the molecule is CCOc1ccccc1-n1nnnc1SCC(=O)N(CC)CC(=O)NC1CCS(=O)(=O)C1. The van der Waals surface area contributed by atoms with Crippen LogP contribution in [0.15, 0.2) is 29.4 Å². The smallest absolute Gasteiger partial charge is 0.239 e. The molecule has 0 aliphatic carbocycles. The first-order valence-electron chi connectivity index (χ1n) is 10.2. The van der Waals surface area contributed by atoms with E-state index < -0.39 is 15.9 Å². The van der Waals surface area contributed by atoms with Crippen molar-refractivity contribution < 1.29 is 22.7 Å². The summed E-state index contributed by atoms with van der Waals surface area (Å²) >= 11 is 1.16. The minimum absolute atomic E-state index is 0.0378. The second-order valence-electron chi connectivity index (χ2n) is 7.14. The molecule has 11 nitrogen and oxygen atoms in total. The topological polar surface area (TPSA) is 136 Å². The number of nitrogens with zero attached hydrogens (tertiary/aromatic N) is 5. The quantitative estimate of drug-likeness (QED) is 0.474. The number of hydrogen-bond acceptors (Lipinski definition) is 9. The molecule has 0 saturated carbocycles. The molecule has 0 spiro atoms. The summed E-state index contributed by atoms with van der Waals surface area (Å²) in [5.74, 6) is 0.0568. The maximum atomic E-state index is 12.7. The summed E-state index contributed by atoms with van der Waals surface area (Å²) in [7, 11) is -3.09. The lowest BCUT2D eigenvalue weighted by atomic mass is 10.2. The summed E-state index contributed by atoms with van der Waals surface area (Å²) in [6.45, 7) is 4.35. The molecule has 1 saturated heterocycles. The fourth-order valence-electron chi connectivity index (χ4n) is 3.28. The number of carbonyl (C=O) groups excluding carboxylic acids is 2. The van der Waals surface area contributed by atoms with Crippen molar-refractivity contribution in [2.24, 2.45) is 0 Å². The molecule has 1 aromatic carbocycles. The summed E-state index contributed by atoms with van der Waals surface area (Å²) in [6.07, 6.45) is 0.399. The van der Waals surface area contributed by atoms with Gasteiger partial charge in [-0.05, 0) is 42.8 Å². The van der Waals surface area contributed by atoms with Crippen LogP contribution in [0, 0.1) is 0 Å². The first-order chi connectivity index (χ1) is 15.3. The molecule has 13 heteroatoms. The van der Waals surface area contributed by atoms with Crippen molar-refractivity contribution in [2.45, 2.75) is 31.5 Å². The summed E-state index contributed by atoms with van der Waals surface area (Å²) in [6, 6.07) is 6.92. The number of sulfone groups is 1. The van der Waals surface area contributed by atoms with Crippen LogP contribution in [0.5, 0.6) is 5.75 Å². The summed E-state index contributed by atoms with van der Waals surface area (Å²) in [5.41, 5.74) is 0.660. The molecule has 2 aromatic rings. The van der Waals surface area contributed by atoms with E-state index in [9.17, 15) is 18.0 Å². The number of hydrogen-bond donors (Lipinski definition) is 1. The van der Waals surface area contributed by atoms with E-state index >= 15 is 0 Å². The fraction of sp³-hybridized carbons (Fsp3) is 0.526. The number of ether oxygens (including phenoxy) is 1. The molecule has 2 amide bonds. The number of nitrogens with one attached hydrogen (secondary N) is 1. The van der Waals surface area contributed by atoms with E-state index in [2.05, 4.69) is 20.8 Å². The van der Waals surface area contributed by atoms with Crippen molar-refractivity contribution in [3.63, 3.8) is 0 Å². The monoisotopic (exact) mass is 482 g/mol. The molecule has 174 valence electrons. The molecule has 2 heterocycles. The van der Waals surface area contributed by atoms with Gasteiger partial charge >= 0.3 is 0 Å². The van der Waals surface area contributed by atoms with Gasteiger partial charge in [-0.1, -0.05) is 23.9 Å². The summed E-state index contributed by atoms with van der Waals surface area (Å²) in [5, 5.41) is 14.8. The third kappa shape index (κ3) is 6.19. The van der Waals surface area contributed by atoms with Crippen molar-refractivity contribution in [3.05, 3.63) is 24.3 Å². The Bertz CT molecular complexity index is 1060. The zero-order valence-electron chi connectivity index (χ0n) is 17.9. The van der Waals surface area contributed by atoms with E-state index in [1.807, 2.05) is 31.2 Å². The van der Waals surface area contributed by atoms with Crippen molar-refractivity contribution in [1.82, 2.24) is 30.4 Å². The van der Waals surface area contributed by atoms with Crippen molar-refractivity contribution >= 4 is 33.4 Å². The van der Waals surface area contributed by atoms with E-state index in [0.29, 0.717) is 36.2 Å². The highest BCUT2D eigenvalue weighted by molar-refractivity contribution is 7.99. The lowest BCUT2D eigenvalue weighted by Gasteiger charge is -2.21. The highest BCUT2D eigenvalue weighted by Crippen LogP contribution is 2.26. The molecule has 0 bridgehead atoms. The molecule has 1 N–H and O–H groups in total. The van der Waals surface area contributed by atoms with E-state index in [-0.39, 0.29) is 35.6 Å². The molecule has 0 radical (unpaired) electrons. The number of likely N-dealkylation sites (N-methyl/N-ethyl adjacent to an activating group) is 1. The van der Waals surface area contributed by atoms with Crippen LogP contribution in [-0.2, 0) is 19.4 Å². The van der Waals surface area contributed by atoms with E-state index in [1.54, 1.807) is 6.92 Å². The Kier molecular flexibility index (Phi) is 8.07. The zero-order valence-corrected chi connectivity index (χ0v) is 19.6. The second kappa shape index (κ2) is 10.8. The van der Waals surface area contributed by atoms with Gasteiger partial charge in [-0.2, -0.15) is 4.68 Å². The first-order valence-corrected chi connectivity index (χ1v) is 13.0. The van der Waals surface area contributed by atoms with Gasteiger partial charge in [0.15, 0.2) is 9.84 Å². The summed E-state index contributed by atoms with van der Waals surface area (Å²) < 4.78 is 30.2. The van der Waals surface area contributed by atoms with Crippen LogP contribution in [0.3, 0.4) is 0 Å². The maximum absolute atomic E-state index is 12.7. The highest BCUT2D eigenvalue weighted by Gasteiger charge is 2.29. The number of tetrazole rings is 1. The molecular formula is C19H26N6O5S2. The molecule has 1 aromatic heterocycles. The predicted molar refractivity (Wildman–Crippen MR) is 119 cm³/mol. The molecule has 1 fully saturated rings. The van der Waals surface area contributed by atoms with Gasteiger partial charge in [0.25, 0.3) is 0 Å². The van der Waals surface area contributed by atoms with Gasteiger partial charge in [0, 0.05) is 12.6 Å². The summed E-state index contributed by atoms with van der Waals surface area (Å²) in [4.78, 5) is 26.4. The Labute approximate surface area is 190 Å². The number of amides is 2. The van der Waals surface area contributed by atoms with Crippen LogP contribution in [0.4, 0.5) is 0 Å². The number of thioether (sulfide) groups is 1. The highest BCUT2D eigenvalue weighted by atomic mass is 32.2. The Morgan fingerprint density at radius 3 is 2.78 bits per heavy atom. The van der Waals surface area contributed by atoms with Crippen molar-refractivity contribution in [1.29, 1.82) is 0 Å². The molecule has 1 atom stereocenters. The van der Waals surface area contributed by atoms with Gasteiger partial charge < -0.3 is 15.0 Å². The predicted octanol–water partition coefficient (Wildman–Crippen LogP) is 0.305. The van der Waals surface area contributed by atoms with Crippen LogP contribution in [0.1, 0.15) is 20.3 Å². The van der Waals surface area contributed by atoms with Gasteiger partial charge in [-0.25, -0.2) is 8.42 Å². The molecular weight excluding hydrogens is 456 g/mol. The number of benzene rings is 1. The minimum atomic E-state index is -3.09. The number of rotatable bonds is 10. The molecule has 1 aliphatic rings. The Hall–Kier alpha value is -2.67. The van der Waals surface area contributed by atoms with Gasteiger partial charge in [0.2, 0.25) is 17.0 Å². The van der Waals surface area contributed by atoms with Gasteiger partial charge in [-0.3, -0.25) is 9.59 Å². The molecule has 3 rings (SSSR count). The van der Waals surface area contributed by atoms with Crippen LogP contribution in [-0.4, -0.2) is 88.3 Å². The Morgan fingerprint density at radius 1 is 1.31 bits per heavy atom. The van der Waals surface area contributed by atoms with Gasteiger partial charge in [0.05, 0.1) is 30.4 Å². The van der Waals surface area contributed by atoms with Gasteiger partial charge in [-0.15, -0.1) is 5.10 Å². The average Bonchev–Trinajstić information content (AvgIpc) is 3.36. The molecule has 1 unspecified atom stereocenters. The maximum Gasteiger partial charge on any atom is 0.239 e. The van der Waals surface area contributed by atoms with Crippen molar-refractivity contribution in [3.8, 4) is 11.4 Å². The molecule has 1 aliphatic heterocycles.